The van der Waals surface area contributed by atoms with E-state index in [1.807, 2.05) is 12.1 Å². The summed E-state index contributed by atoms with van der Waals surface area (Å²) in [5.74, 6) is 0. The van der Waals surface area contributed by atoms with Crippen molar-refractivity contribution in [3.05, 3.63) is 29.3 Å². The van der Waals surface area contributed by atoms with Crippen LogP contribution in [0.1, 0.15) is 11.1 Å². The standard InChI is InChI=1S/C8H5N3.N2/c9-4-6-1-2-8(11)7(3-6)5-10;1-2/h1-3H,11H2;. The normalized spacial score (nSPS) is 7.08. The number of benzene rings is 1. The van der Waals surface area contributed by atoms with E-state index in [0.29, 0.717) is 16.8 Å². The maximum absolute atomic E-state index is 8.50. The summed E-state index contributed by atoms with van der Waals surface area (Å²) < 4.78 is 0. The highest BCUT2D eigenvalue weighted by molar-refractivity contribution is 5.56. The summed E-state index contributed by atoms with van der Waals surface area (Å²) in [6.45, 7) is 0. The van der Waals surface area contributed by atoms with Crippen molar-refractivity contribution >= 4 is 5.69 Å². The van der Waals surface area contributed by atoms with Gasteiger partial charge in [-0.05, 0) is 18.2 Å². The summed E-state index contributed by atoms with van der Waals surface area (Å²) >= 11 is 0. The first-order valence-corrected chi connectivity index (χ1v) is 3.17. The zero-order chi connectivity index (χ0) is 10.3. The van der Waals surface area contributed by atoms with E-state index in [0.717, 1.165) is 0 Å². The molecule has 1 aromatic carbocycles. The number of nitrogens with zero attached hydrogens (tertiary/aromatic N) is 4. The third kappa shape index (κ3) is 2.49. The quantitative estimate of drug-likeness (QED) is 0.461. The van der Waals surface area contributed by atoms with Gasteiger partial charge in [0.2, 0.25) is 0 Å². The van der Waals surface area contributed by atoms with Crippen LogP contribution < -0.4 is 5.73 Å². The van der Waals surface area contributed by atoms with Crippen LogP contribution in [0.3, 0.4) is 0 Å². The van der Waals surface area contributed by atoms with E-state index in [1.165, 1.54) is 6.07 Å². The largest absolute Gasteiger partial charge is 0.398 e. The number of hydrogen-bond donors (Lipinski definition) is 1. The molecule has 0 amide bonds. The number of rotatable bonds is 0. The molecule has 0 fully saturated rings. The maximum Gasteiger partial charge on any atom is 0.101 e. The Balaban J connectivity index is 0.000000671. The zero-order valence-electron chi connectivity index (χ0n) is 6.60. The van der Waals surface area contributed by atoms with Gasteiger partial charge in [-0.25, -0.2) is 0 Å². The Morgan fingerprint density at radius 3 is 2.15 bits per heavy atom. The molecule has 13 heavy (non-hydrogen) atoms. The van der Waals surface area contributed by atoms with Gasteiger partial charge < -0.3 is 5.73 Å². The van der Waals surface area contributed by atoms with Crippen molar-refractivity contribution in [2.45, 2.75) is 0 Å². The van der Waals surface area contributed by atoms with E-state index in [-0.39, 0.29) is 0 Å². The van der Waals surface area contributed by atoms with Crippen LogP contribution in [0.4, 0.5) is 5.69 Å². The topological polar surface area (TPSA) is 121 Å². The highest BCUT2D eigenvalue weighted by Gasteiger charge is 1.97. The lowest BCUT2D eigenvalue weighted by atomic mass is 10.1. The van der Waals surface area contributed by atoms with Crippen molar-refractivity contribution < 1.29 is 0 Å². The van der Waals surface area contributed by atoms with Gasteiger partial charge in [0.25, 0.3) is 0 Å². The van der Waals surface area contributed by atoms with Gasteiger partial charge in [-0.1, -0.05) is 0 Å². The number of nitriles is 2. The monoisotopic (exact) mass is 171 g/mol. The molecule has 0 saturated heterocycles. The number of anilines is 1. The van der Waals surface area contributed by atoms with Gasteiger partial charge in [0.1, 0.15) is 6.07 Å². The van der Waals surface area contributed by atoms with Crippen molar-refractivity contribution in [3.8, 4) is 12.1 Å². The zero-order valence-corrected chi connectivity index (χ0v) is 6.60. The Morgan fingerprint density at radius 2 is 1.69 bits per heavy atom. The first-order chi connectivity index (χ1) is 6.27. The lowest BCUT2D eigenvalue weighted by molar-refractivity contribution is 1.15. The van der Waals surface area contributed by atoms with Gasteiger partial charge in [0.15, 0.2) is 0 Å². The van der Waals surface area contributed by atoms with Gasteiger partial charge in [0, 0.05) is 16.5 Å². The molecule has 0 aliphatic rings. The Kier molecular flexibility index (Phi) is 4.10. The second kappa shape index (κ2) is 5.12. The minimum Gasteiger partial charge on any atom is -0.398 e. The number of nitrogen functional groups attached to an aromatic ring is 1. The van der Waals surface area contributed by atoms with E-state index in [2.05, 4.69) is 0 Å². The predicted molar refractivity (Wildman–Crippen MR) is 43.7 cm³/mol. The Labute approximate surface area is 75.0 Å². The van der Waals surface area contributed by atoms with Crippen LogP contribution in [0, 0.1) is 33.4 Å². The van der Waals surface area contributed by atoms with Crippen LogP contribution in [0.25, 0.3) is 0 Å². The van der Waals surface area contributed by atoms with Crippen LogP contribution in [-0.4, -0.2) is 0 Å². The third-order valence-electron chi connectivity index (χ3n) is 1.30. The molecule has 1 rings (SSSR count). The van der Waals surface area contributed by atoms with E-state index in [1.54, 1.807) is 12.1 Å². The van der Waals surface area contributed by atoms with E-state index >= 15 is 0 Å². The van der Waals surface area contributed by atoms with Gasteiger partial charge >= 0.3 is 0 Å². The molecule has 0 atom stereocenters. The highest BCUT2D eigenvalue weighted by Crippen LogP contribution is 2.11. The maximum atomic E-state index is 8.50. The fourth-order valence-electron chi connectivity index (χ4n) is 0.723. The van der Waals surface area contributed by atoms with Crippen LogP contribution in [-0.2, 0) is 0 Å². The molecule has 0 aliphatic heterocycles. The first kappa shape index (κ1) is 10.4. The summed E-state index contributed by atoms with van der Waals surface area (Å²) in [5, 5.41) is 28.9. The molecule has 0 aliphatic carbocycles. The van der Waals surface area contributed by atoms with Crippen molar-refractivity contribution in [3.63, 3.8) is 0 Å². The molecule has 0 bridgehead atoms. The van der Waals surface area contributed by atoms with Crippen molar-refractivity contribution in [1.82, 2.24) is 0 Å². The minimum atomic E-state index is 0.351. The smallest absolute Gasteiger partial charge is 0.101 e. The van der Waals surface area contributed by atoms with Crippen molar-refractivity contribution in [2.24, 2.45) is 0 Å². The summed E-state index contributed by atoms with van der Waals surface area (Å²) in [6.07, 6.45) is 0. The summed E-state index contributed by atoms with van der Waals surface area (Å²) in [4.78, 5) is 0. The second-order valence-electron chi connectivity index (χ2n) is 2.03. The highest BCUT2D eigenvalue weighted by atomic mass is 14.6. The molecule has 5 heteroatoms. The lowest BCUT2D eigenvalue weighted by Gasteiger charge is -1.94. The van der Waals surface area contributed by atoms with Gasteiger partial charge in [-0.15, -0.1) is 0 Å². The average molecular weight is 171 g/mol. The summed E-state index contributed by atoms with van der Waals surface area (Å²) in [5.41, 5.74) is 6.64. The van der Waals surface area contributed by atoms with Gasteiger partial charge in [-0.2, -0.15) is 10.5 Å². The summed E-state index contributed by atoms with van der Waals surface area (Å²) in [6, 6.07) is 8.42. The van der Waals surface area contributed by atoms with E-state index in [4.69, 9.17) is 27.0 Å². The molecule has 5 nitrogen and oxygen atoms in total. The number of nitrogens with two attached hydrogens (primary N) is 1. The second-order valence-corrected chi connectivity index (χ2v) is 2.03. The molecule has 62 valence electrons. The Morgan fingerprint density at radius 1 is 1.08 bits per heavy atom. The fraction of sp³-hybridized carbons (Fsp3) is 0. The molecule has 0 saturated carbocycles. The molecule has 0 unspecified atom stereocenters. The van der Waals surface area contributed by atoms with Crippen LogP contribution in [0.15, 0.2) is 18.2 Å². The molecular weight excluding hydrogens is 166 g/mol. The molecule has 0 heterocycles. The summed E-state index contributed by atoms with van der Waals surface area (Å²) in [7, 11) is 0. The Bertz CT molecular complexity index is 393. The first-order valence-electron chi connectivity index (χ1n) is 3.17. The van der Waals surface area contributed by atoms with Crippen LogP contribution >= 0.6 is 0 Å². The third-order valence-corrected chi connectivity index (χ3v) is 1.30. The molecule has 1 aromatic rings. The molecule has 0 aromatic heterocycles. The molecule has 0 radical (unpaired) electrons. The van der Waals surface area contributed by atoms with Gasteiger partial charge in [-0.3, -0.25) is 0 Å². The Hall–Kier alpha value is -2.58. The van der Waals surface area contributed by atoms with Crippen molar-refractivity contribution in [2.75, 3.05) is 5.73 Å². The fourth-order valence-corrected chi connectivity index (χ4v) is 0.723. The van der Waals surface area contributed by atoms with E-state index in [9.17, 15) is 0 Å². The lowest BCUT2D eigenvalue weighted by Crippen LogP contribution is -1.90. The van der Waals surface area contributed by atoms with Gasteiger partial charge in [0.05, 0.1) is 17.2 Å². The minimum absolute atomic E-state index is 0.351. The van der Waals surface area contributed by atoms with Crippen LogP contribution in [0.2, 0.25) is 0 Å². The molecule has 0 spiro atoms. The van der Waals surface area contributed by atoms with E-state index < -0.39 is 0 Å². The predicted octanol–water partition coefficient (Wildman–Crippen LogP) is 1.04. The molecule has 2 N–H and O–H groups in total. The number of hydrogen-bond acceptors (Lipinski definition) is 5. The average Bonchev–Trinajstić information content (AvgIpc) is 2.22. The SMILES string of the molecule is N#Cc1ccc(N)c(C#N)c1.N#N. The molecular formula is C8H5N5. The van der Waals surface area contributed by atoms with Crippen molar-refractivity contribution in [1.29, 1.82) is 21.3 Å². The van der Waals surface area contributed by atoms with Crippen LogP contribution in [0.5, 0.6) is 0 Å².